The highest BCUT2D eigenvalue weighted by atomic mass is 16.2. The van der Waals surface area contributed by atoms with Crippen molar-refractivity contribution < 1.29 is 9.59 Å². The standard InChI is InChI=1S/C16H22N6O2/c1-3-11(2)15(17)16(24)19-8-14(23)21-12-4-6-13(7-5-12)22-10-18-9-20-22/h4-7,9-11,15H,3,8,17H2,1-2H3,(H,19,24)(H,21,23). The highest BCUT2D eigenvalue weighted by Gasteiger charge is 2.19. The summed E-state index contributed by atoms with van der Waals surface area (Å²) in [6.07, 6.45) is 3.84. The SMILES string of the molecule is CCC(C)C(N)C(=O)NCC(=O)Nc1ccc(-n2cncn2)cc1. The fourth-order valence-electron chi connectivity index (χ4n) is 2.04. The Kier molecular flexibility index (Phi) is 6.02. The van der Waals surface area contributed by atoms with Crippen molar-refractivity contribution in [3.63, 3.8) is 0 Å². The summed E-state index contributed by atoms with van der Waals surface area (Å²) in [5.74, 6) is -0.563. The van der Waals surface area contributed by atoms with Crippen molar-refractivity contribution in [2.24, 2.45) is 11.7 Å². The van der Waals surface area contributed by atoms with Crippen LogP contribution in [0.2, 0.25) is 0 Å². The van der Waals surface area contributed by atoms with Crippen LogP contribution in [0.4, 0.5) is 5.69 Å². The summed E-state index contributed by atoms with van der Waals surface area (Å²) < 4.78 is 1.61. The van der Waals surface area contributed by atoms with E-state index in [4.69, 9.17) is 5.73 Å². The number of benzene rings is 1. The number of amides is 2. The molecule has 0 aliphatic carbocycles. The molecule has 0 saturated carbocycles. The van der Waals surface area contributed by atoms with E-state index in [0.717, 1.165) is 12.1 Å². The van der Waals surface area contributed by atoms with Gasteiger partial charge in [-0.25, -0.2) is 9.67 Å². The van der Waals surface area contributed by atoms with E-state index in [1.54, 1.807) is 23.1 Å². The van der Waals surface area contributed by atoms with Crippen molar-refractivity contribution in [1.82, 2.24) is 20.1 Å². The predicted molar refractivity (Wildman–Crippen MR) is 90.4 cm³/mol. The Labute approximate surface area is 140 Å². The first-order valence-electron chi connectivity index (χ1n) is 7.79. The molecule has 1 aromatic carbocycles. The number of carbonyl (C=O) groups is 2. The maximum absolute atomic E-state index is 11.9. The predicted octanol–water partition coefficient (Wildman–Crippen LogP) is 0.695. The van der Waals surface area contributed by atoms with Gasteiger partial charge in [0.05, 0.1) is 18.3 Å². The molecule has 0 saturated heterocycles. The molecule has 4 N–H and O–H groups in total. The van der Waals surface area contributed by atoms with Crippen LogP contribution in [-0.2, 0) is 9.59 Å². The van der Waals surface area contributed by atoms with Crippen LogP contribution in [0.1, 0.15) is 20.3 Å². The summed E-state index contributed by atoms with van der Waals surface area (Å²) in [6.45, 7) is 3.75. The quantitative estimate of drug-likeness (QED) is 0.691. The van der Waals surface area contributed by atoms with Gasteiger partial charge in [-0.15, -0.1) is 0 Å². The first-order valence-corrected chi connectivity index (χ1v) is 7.79. The van der Waals surface area contributed by atoms with Gasteiger partial charge in [0.25, 0.3) is 0 Å². The second-order valence-electron chi connectivity index (χ2n) is 5.56. The highest BCUT2D eigenvalue weighted by molar-refractivity contribution is 5.95. The molecule has 0 aliphatic heterocycles. The third kappa shape index (κ3) is 4.63. The fraction of sp³-hybridized carbons (Fsp3) is 0.375. The monoisotopic (exact) mass is 330 g/mol. The molecule has 0 fully saturated rings. The van der Waals surface area contributed by atoms with Crippen molar-refractivity contribution >= 4 is 17.5 Å². The largest absolute Gasteiger partial charge is 0.346 e. The van der Waals surface area contributed by atoms with Gasteiger partial charge in [0.15, 0.2) is 0 Å². The van der Waals surface area contributed by atoms with Gasteiger partial charge in [-0.3, -0.25) is 9.59 Å². The number of anilines is 1. The highest BCUT2D eigenvalue weighted by Crippen LogP contribution is 2.12. The summed E-state index contributed by atoms with van der Waals surface area (Å²) in [7, 11) is 0. The van der Waals surface area contributed by atoms with E-state index in [9.17, 15) is 9.59 Å². The number of nitrogens with zero attached hydrogens (tertiary/aromatic N) is 3. The summed E-state index contributed by atoms with van der Waals surface area (Å²) in [5.41, 5.74) is 7.28. The lowest BCUT2D eigenvalue weighted by molar-refractivity contribution is -0.125. The van der Waals surface area contributed by atoms with E-state index in [1.807, 2.05) is 26.0 Å². The van der Waals surface area contributed by atoms with E-state index < -0.39 is 6.04 Å². The van der Waals surface area contributed by atoms with Crippen molar-refractivity contribution in [2.75, 3.05) is 11.9 Å². The molecule has 8 heteroatoms. The minimum Gasteiger partial charge on any atom is -0.346 e. The first kappa shape index (κ1) is 17.6. The van der Waals surface area contributed by atoms with Crippen LogP contribution < -0.4 is 16.4 Å². The molecule has 0 spiro atoms. The molecule has 2 unspecified atom stereocenters. The number of nitrogens with two attached hydrogens (primary N) is 1. The van der Waals surface area contributed by atoms with Crippen LogP contribution >= 0.6 is 0 Å². The van der Waals surface area contributed by atoms with Crippen LogP contribution in [0.5, 0.6) is 0 Å². The van der Waals surface area contributed by atoms with Crippen LogP contribution in [0, 0.1) is 5.92 Å². The number of hydrogen-bond donors (Lipinski definition) is 3. The molecule has 0 bridgehead atoms. The normalized spacial score (nSPS) is 13.1. The second kappa shape index (κ2) is 8.21. The van der Waals surface area contributed by atoms with E-state index >= 15 is 0 Å². The van der Waals surface area contributed by atoms with Crippen molar-refractivity contribution in [3.8, 4) is 5.69 Å². The van der Waals surface area contributed by atoms with E-state index in [0.29, 0.717) is 5.69 Å². The zero-order valence-corrected chi connectivity index (χ0v) is 13.8. The van der Waals surface area contributed by atoms with Crippen molar-refractivity contribution in [3.05, 3.63) is 36.9 Å². The number of aromatic nitrogens is 3. The van der Waals surface area contributed by atoms with Gasteiger partial charge < -0.3 is 16.4 Å². The van der Waals surface area contributed by atoms with Gasteiger partial charge in [0, 0.05) is 5.69 Å². The topological polar surface area (TPSA) is 115 Å². The Bertz CT molecular complexity index is 668. The lowest BCUT2D eigenvalue weighted by Crippen LogP contribution is -2.46. The van der Waals surface area contributed by atoms with E-state index in [-0.39, 0.29) is 24.3 Å². The molecule has 24 heavy (non-hydrogen) atoms. The number of carbonyl (C=O) groups excluding carboxylic acids is 2. The van der Waals surface area contributed by atoms with E-state index in [2.05, 4.69) is 20.7 Å². The summed E-state index contributed by atoms with van der Waals surface area (Å²) in [6, 6.07) is 6.51. The Balaban J connectivity index is 1.83. The van der Waals surface area contributed by atoms with Crippen molar-refractivity contribution in [1.29, 1.82) is 0 Å². The molecule has 2 amide bonds. The average Bonchev–Trinajstić information content (AvgIpc) is 3.13. The number of rotatable bonds is 7. The smallest absolute Gasteiger partial charge is 0.243 e. The molecule has 2 aromatic rings. The molecular formula is C16H22N6O2. The van der Waals surface area contributed by atoms with E-state index in [1.165, 1.54) is 6.33 Å². The summed E-state index contributed by atoms with van der Waals surface area (Å²) in [4.78, 5) is 27.6. The molecule has 8 nitrogen and oxygen atoms in total. The second-order valence-corrected chi connectivity index (χ2v) is 5.56. The molecule has 128 valence electrons. The van der Waals surface area contributed by atoms with Crippen LogP contribution in [-0.4, -0.2) is 39.2 Å². The molecule has 2 atom stereocenters. The fourth-order valence-corrected chi connectivity index (χ4v) is 2.04. The van der Waals surface area contributed by atoms with Gasteiger partial charge >= 0.3 is 0 Å². The average molecular weight is 330 g/mol. The molecule has 2 rings (SSSR count). The zero-order chi connectivity index (χ0) is 17.5. The van der Waals surface area contributed by atoms with Gasteiger partial charge in [-0.05, 0) is 30.2 Å². The summed E-state index contributed by atoms with van der Waals surface area (Å²) >= 11 is 0. The molecule has 0 aliphatic rings. The molecular weight excluding hydrogens is 308 g/mol. The first-order chi connectivity index (χ1) is 11.5. The van der Waals surface area contributed by atoms with Crippen LogP contribution in [0.25, 0.3) is 5.69 Å². The number of hydrogen-bond acceptors (Lipinski definition) is 5. The summed E-state index contributed by atoms with van der Waals surface area (Å²) in [5, 5.41) is 9.29. The Morgan fingerprint density at radius 2 is 2.00 bits per heavy atom. The third-order valence-corrected chi connectivity index (χ3v) is 3.82. The van der Waals surface area contributed by atoms with Gasteiger partial charge in [-0.1, -0.05) is 20.3 Å². The Morgan fingerprint density at radius 1 is 1.29 bits per heavy atom. The molecule has 0 radical (unpaired) electrons. The maximum atomic E-state index is 11.9. The third-order valence-electron chi connectivity index (χ3n) is 3.82. The minimum absolute atomic E-state index is 0.0670. The maximum Gasteiger partial charge on any atom is 0.243 e. The van der Waals surface area contributed by atoms with Gasteiger partial charge in [-0.2, -0.15) is 5.10 Å². The molecule has 1 heterocycles. The lowest BCUT2D eigenvalue weighted by atomic mass is 9.99. The van der Waals surface area contributed by atoms with Crippen LogP contribution in [0.3, 0.4) is 0 Å². The lowest BCUT2D eigenvalue weighted by Gasteiger charge is -2.17. The minimum atomic E-state index is -0.607. The van der Waals surface area contributed by atoms with Gasteiger partial charge in [0.1, 0.15) is 12.7 Å². The Morgan fingerprint density at radius 3 is 2.58 bits per heavy atom. The number of nitrogens with one attached hydrogen (secondary N) is 2. The Hall–Kier alpha value is -2.74. The van der Waals surface area contributed by atoms with Crippen LogP contribution in [0.15, 0.2) is 36.9 Å². The molecule has 1 aromatic heterocycles. The van der Waals surface area contributed by atoms with Gasteiger partial charge in [0.2, 0.25) is 11.8 Å². The van der Waals surface area contributed by atoms with Crippen molar-refractivity contribution in [2.45, 2.75) is 26.3 Å². The zero-order valence-electron chi connectivity index (χ0n) is 13.8.